The molecular formula is C19H17N3O5S. The number of ether oxygens (including phenoxy) is 2. The monoisotopic (exact) mass is 399 g/mol. The maximum Gasteiger partial charge on any atom is 0.338 e. The fourth-order valence-electron chi connectivity index (χ4n) is 2.28. The molecule has 0 aliphatic heterocycles. The molecule has 1 aromatic heterocycles. The van der Waals surface area contributed by atoms with Crippen molar-refractivity contribution in [1.29, 1.82) is 0 Å². The van der Waals surface area contributed by atoms with Gasteiger partial charge in [-0.2, -0.15) is 0 Å². The second kappa shape index (κ2) is 8.49. The molecule has 3 aromatic rings. The first-order chi connectivity index (χ1) is 13.5. The average molecular weight is 399 g/mol. The summed E-state index contributed by atoms with van der Waals surface area (Å²) >= 11 is 0. The van der Waals surface area contributed by atoms with Crippen LogP contribution in [-0.4, -0.2) is 31.0 Å². The number of nitrogens with one attached hydrogen (secondary N) is 1. The smallest absolute Gasteiger partial charge is 0.338 e. The Labute approximate surface area is 162 Å². The van der Waals surface area contributed by atoms with Crippen molar-refractivity contribution in [3.63, 3.8) is 0 Å². The number of anilines is 1. The van der Waals surface area contributed by atoms with Gasteiger partial charge in [-0.25, -0.2) is 18.2 Å². The summed E-state index contributed by atoms with van der Waals surface area (Å²) in [5, 5.41) is 0. The highest BCUT2D eigenvalue weighted by Crippen LogP contribution is 2.24. The fourth-order valence-corrected chi connectivity index (χ4v) is 3.33. The number of nitrogens with zero attached hydrogens (tertiary/aromatic N) is 2. The maximum atomic E-state index is 12.6. The Balaban J connectivity index is 1.75. The molecule has 0 aliphatic rings. The van der Waals surface area contributed by atoms with Crippen molar-refractivity contribution in [2.75, 3.05) is 11.3 Å². The summed E-state index contributed by atoms with van der Waals surface area (Å²) in [6, 6.07) is 11.9. The van der Waals surface area contributed by atoms with E-state index in [1.165, 1.54) is 48.9 Å². The molecule has 0 aliphatic carbocycles. The number of benzene rings is 2. The van der Waals surface area contributed by atoms with E-state index in [9.17, 15) is 13.2 Å². The standard InChI is InChI=1S/C19H17N3O5S/c1-2-26-19(23)14-6-8-17(9-7-14)28(24,25)22-15-4-3-5-16(12-15)27-18-13-20-10-11-21-18/h3-13,22H,2H2,1H3. The molecule has 8 nitrogen and oxygen atoms in total. The van der Waals surface area contributed by atoms with Crippen LogP contribution in [-0.2, 0) is 14.8 Å². The zero-order valence-corrected chi connectivity index (χ0v) is 15.7. The first-order valence-electron chi connectivity index (χ1n) is 8.32. The predicted molar refractivity (Wildman–Crippen MR) is 102 cm³/mol. The van der Waals surface area contributed by atoms with Crippen molar-refractivity contribution in [1.82, 2.24) is 9.97 Å². The van der Waals surface area contributed by atoms with E-state index in [-0.39, 0.29) is 22.9 Å². The van der Waals surface area contributed by atoms with Gasteiger partial charge < -0.3 is 9.47 Å². The molecule has 0 saturated carbocycles. The van der Waals surface area contributed by atoms with E-state index in [4.69, 9.17) is 9.47 Å². The fraction of sp³-hybridized carbons (Fsp3) is 0.105. The summed E-state index contributed by atoms with van der Waals surface area (Å²) in [6.45, 7) is 1.94. The quantitative estimate of drug-likeness (QED) is 0.608. The summed E-state index contributed by atoms with van der Waals surface area (Å²) in [6.07, 6.45) is 4.45. The highest BCUT2D eigenvalue weighted by molar-refractivity contribution is 7.92. The number of hydrogen-bond donors (Lipinski definition) is 1. The van der Waals surface area contributed by atoms with E-state index in [0.29, 0.717) is 11.4 Å². The van der Waals surface area contributed by atoms with E-state index in [1.54, 1.807) is 25.1 Å². The summed E-state index contributed by atoms with van der Waals surface area (Å²) in [5.41, 5.74) is 0.594. The highest BCUT2D eigenvalue weighted by Gasteiger charge is 2.16. The van der Waals surface area contributed by atoms with Gasteiger partial charge in [0.05, 0.1) is 29.0 Å². The molecule has 0 fully saturated rings. The lowest BCUT2D eigenvalue weighted by molar-refractivity contribution is 0.0526. The number of carbonyl (C=O) groups is 1. The van der Waals surface area contributed by atoms with Gasteiger partial charge in [-0.15, -0.1) is 0 Å². The molecule has 0 saturated heterocycles. The van der Waals surface area contributed by atoms with Crippen molar-refractivity contribution in [3.05, 3.63) is 72.7 Å². The average Bonchev–Trinajstić information content (AvgIpc) is 2.69. The molecule has 0 unspecified atom stereocenters. The molecule has 0 atom stereocenters. The van der Waals surface area contributed by atoms with Crippen molar-refractivity contribution < 1.29 is 22.7 Å². The van der Waals surface area contributed by atoms with E-state index in [2.05, 4.69) is 14.7 Å². The van der Waals surface area contributed by atoms with E-state index in [0.717, 1.165) is 0 Å². The molecule has 3 rings (SSSR count). The molecule has 0 spiro atoms. The topological polar surface area (TPSA) is 107 Å². The third-order valence-corrected chi connectivity index (χ3v) is 4.92. The van der Waals surface area contributed by atoms with Gasteiger partial charge in [-0.1, -0.05) is 6.07 Å². The SMILES string of the molecule is CCOC(=O)c1ccc(S(=O)(=O)Nc2cccc(Oc3cnccn3)c2)cc1. The minimum atomic E-state index is -3.84. The lowest BCUT2D eigenvalue weighted by atomic mass is 10.2. The van der Waals surface area contributed by atoms with Crippen LogP contribution in [0.2, 0.25) is 0 Å². The first kappa shape index (κ1) is 19.3. The third kappa shape index (κ3) is 4.83. The van der Waals surface area contributed by atoms with E-state index >= 15 is 0 Å². The van der Waals surface area contributed by atoms with Crippen LogP contribution in [0.1, 0.15) is 17.3 Å². The molecule has 0 radical (unpaired) electrons. The summed E-state index contributed by atoms with van der Waals surface area (Å²) in [7, 11) is -3.84. The van der Waals surface area contributed by atoms with Crippen LogP contribution < -0.4 is 9.46 Å². The molecule has 1 heterocycles. The van der Waals surface area contributed by atoms with Gasteiger partial charge >= 0.3 is 5.97 Å². The highest BCUT2D eigenvalue weighted by atomic mass is 32.2. The first-order valence-corrected chi connectivity index (χ1v) is 9.80. The van der Waals surface area contributed by atoms with Crippen LogP contribution in [0, 0.1) is 0 Å². The van der Waals surface area contributed by atoms with Crippen LogP contribution in [0.15, 0.2) is 72.0 Å². The van der Waals surface area contributed by atoms with Crippen molar-refractivity contribution in [2.24, 2.45) is 0 Å². The minimum absolute atomic E-state index is 0.0146. The van der Waals surface area contributed by atoms with Crippen molar-refractivity contribution >= 4 is 21.7 Å². The second-order valence-corrected chi connectivity index (χ2v) is 7.21. The lowest BCUT2D eigenvalue weighted by Gasteiger charge is -2.10. The molecular weight excluding hydrogens is 382 g/mol. The number of hydrogen-bond acceptors (Lipinski definition) is 7. The summed E-state index contributed by atoms with van der Waals surface area (Å²) in [5.74, 6) is 0.184. The molecule has 9 heteroatoms. The van der Waals surface area contributed by atoms with Gasteiger partial charge in [0.1, 0.15) is 5.75 Å². The van der Waals surface area contributed by atoms with Crippen molar-refractivity contribution in [2.45, 2.75) is 11.8 Å². The lowest BCUT2D eigenvalue weighted by Crippen LogP contribution is -2.13. The molecule has 0 amide bonds. The van der Waals surface area contributed by atoms with Crippen LogP contribution in [0.5, 0.6) is 11.6 Å². The van der Waals surface area contributed by atoms with Crippen molar-refractivity contribution in [3.8, 4) is 11.6 Å². The molecule has 28 heavy (non-hydrogen) atoms. The van der Waals surface area contributed by atoms with Gasteiger partial charge in [0.25, 0.3) is 10.0 Å². The number of carbonyl (C=O) groups excluding carboxylic acids is 1. The Morgan fingerprint density at radius 3 is 2.57 bits per heavy atom. The second-order valence-electron chi connectivity index (χ2n) is 5.52. The van der Waals surface area contributed by atoms with E-state index in [1.807, 2.05) is 0 Å². The largest absolute Gasteiger partial charge is 0.462 e. The third-order valence-electron chi connectivity index (χ3n) is 3.52. The molecule has 2 aromatic carbocycles. The number of esters is 1. The van der Waals surface area contributed by atoms with Gasteiger partial charge in [-0.05, 0) is 43.3 Å². The van der Waals surface area contributed by atoms with Crippen LogP contribution in [0.25, 0.3) is 0 Å². The predicted octanol–water partition coefficient (Wildman–Crippen LogP) is 3.25. The Morgan fingerprint density at radius 1 is 1.11 bits per heavy atom. The van der Waals surface area contributed by atoms with Gasteiger partial charge in [0.15, 0.2) is 0 Å². The molecule has 1 N–H and O–H groups in total. The number of aromatic nitrogens is 2. The Morgan fingerprint density at radius 2 is 1.89 bits per heavy atom. The van der Waals surface area contributed by atoms with Crippen LogP contribution in [0.4, 0.5) is 5.69 Å². The normalized spacial score (nSPS) is 10.9. The Bertz CT molecular complexity index is 1050. The van der Waals surface area contributed by atoms with Crippen LogP contribution in [0.3, 0.4) is 0 Å². The zero-order chi connectivity index (χ0) is 20.0. The van der Waals surface area contributed by atoms with Crippen LogP contribution >= 0.6 is 0 Å². The maximum absolute atomic E-state index is 12.6. The molecule has 0 bridgehead atoms. The Hall–Kier alpha value is -3.46. The molecule has 144 valence electrons. The van der Waals surface area contributed by atoms with Gasteiger partial charge in [-0.3, -0.25) is 9.71 Å². The zero-order valence-electron chi connectivity index (χ0n) is 14.9. The number of rotatable bonds is 7. The summed E-state index contributed by atoms with van der Waals surface area (Å²) < 4.78 is 38.1. The Kier molecular flexibility index (Phi) is 5.85. The summed E-state index contributed by atoms with van der Waals surface area (Å²) in [4.78, 5) is 19.6. The van der Waals surface area contributed by atoms with Gasteiger partial charge in [0.2, 0.25) is 5.88 Å². The van der Waals surface area contributed by atoms with Gasteiger partial charge in [0, 0.05) is 18.5 Å². The van der Waals surface area contributed by atoms with E-state index < -0.39 is 16.0 Å². The minimum Gasteiger partial charge on any atom is -0.462 e. The number of sulfonamides is 1.